The van der Waals surface area contributed by atoms with Gasteiger partial charge >= 0.3 is 0 Å². The third-order valence-electron chi connectivity index (χ3n) is 11.2. The molecule has 3 heterocycles. The molecule has 2 N–H and O–H groups in total. The van der Waals surface area contributed by atoms with E-state index in [1.165, 1.54) is 39.8 Å². The van der Waals surface area contributed by atoms with E-state index in [2.05, 4.69) is 88.3 Å². The van der Waals surface area contributed by atoms with Crippen molar-refractivity contribution < 1.29 is 9.59 Å². The minimum atomic E-state index is 0.0701. The number of amides is 2. The van der Waals surface area contributed by atoms with E-state index in [0.29, 0.717) is 31.3 Å². The number of carbonyl (C=O) groups is 2. The summed E-state index contributed by atoms with van der Waals surface area (Å²) in [4.78, 5) is 46.6. The number of hydrogen-bond acceptors (Lipinski definition) is 4. The van der Waals surface area contributed by atoms with E-state index in [-0.39, 0.29) is 17.9 Å². The van der Waals surface area contributed by atoms with Crippen molar-refractivity contribution in [3.05, 3.63) is 83.6 Å². The molecular weight excluding hydrogens is 621 g/mol. The molecule has 2 fully saturated rings. The number of likely N-dealkylation sites (tertiary alicyclic amines) is 1. The number of nitrogens with one attached hydrogen (secondary N) is 2. The van der Waals surface area contributed by atoms with Gasteiger partial charge in [-0.3, -0.25) is 9.59 Å². The predicted octanol–water partition coefficient (Wildman–Crippen LogP) is 8.78. The number of aryl methyl sites for hydroxylation is 2. The molecule has 3 aliphatic rings. The second-order valence-corrected chi connectivity index (χ2v) is 14.6. The van der Waals surface area contributed by atoms with Gasteiger partial charge in [-0.15, -0.1) is 0 Å². The number of H-pyrrole nitrogens is 2. The number of carbonyl (C=O) groups excluding carboxylic acids is 2. The lowest BCUT2D eigenvalue weighted by Crippen LogP contribution is -2.40. The Bertz CT molecular complexity index is 2060. The lowest BCUT2D eigenvalue weighted by atomic mass is 9.83. The average molecular weight is 669 g/mol. The van der Waals surface area contributed by atoms with Gasteiger partial charge in [-0.25, -0.2) is 9.97 Å². The molecule has 0 radical (unpaired) electrons. The molecule has 1 aliphatic heterocycles. The quantitative estimate of drug-likeness (QED) is 0.147. The Labute approximate surface area is 294 Å². The summed E-state index contributed by atoms with van der Waals surface area (Å²) in [5.41, 5.74) is 11.8. The average Bonchev–Trinajstić information content (AvgIpc) is 3.95. The smallest absolute Gasteiger partial charge is 0.223 e. The number of aromatic amines is 2. The lowest BCUT2D eigenvalue weighted by Gasteiger charge is -2.34. The maximum atomic E-state index is 13.1. The van der Waals surface area contributed by atoms with Gasteiger partial charge in [0.15, 0.2) is 0 Å². The van der Waals surface area contributed by atoms with Crippen LogP contribution in [0.3, 0.4) is 0 Å². The highest BCUT2D eigenvalue weighted by Gasteiger charge is 2.49. The number of imidazole rings is 2. The summed E-state index contributed by atoms with van der Waals surface area (Å²) in [5, 5.41) is 0. The van der Waals surface area contributed by atoms with E-state index in [4.69, 9.17) is 4.98 Å². The number of hydrogen-bond donors (Lipinski definition) is 2. The molecule has 8 rings (SSSR count). The summed E-state index contributed by atoms with van der Waals surface area (Å²) in [6.45, 7) is 7.49. The third kappa shape index (κ3) is 5.92. The minimum absolute atomic E-state index is 0.0701. The molecule has 258 valence electrons. The van der Waals surface area contributed by atoms with Crippen molar-refractivity contribution in [1.82, 2.24) is 29.7 Å². The number of aromatic nitrogens is 4. The normalized spacial score (nSPS) is 19.2. The molecule has 5 aromatic rings. The van der Waals surface area contributed by atoms with Crippen LogP contribution in [0.25, 0.3) is 44.5 Å². The molecule has 2 amide bonds. The van der Waals surface area contributed by atoms with E-state index in [9.17, 15) is 9.59 Å². The van der Waals surface area contributed by atoms with Crippen LogP contribution in [-0.4, -0.2) is 54.1 Å². The van der Waals surface area contributed by atoms with Crippen LogP contribution in [0.15, 0.2) is 60.8 Å². The lowest BCUT2D eigenvalue weighted by molar-refractivity contribution is -0.136. The molecule has 1 saturated carbocycles. The van der Waals surface area contributed by atoms with Crippen LogP contribution in [0.5, 0.6) is 0 Å². The van der Waals surface area contributed by atoms with Crippen LogP contribution < -0.4 is 0 Å². The highest BCUT2D eigenvalue weighted by atomic mass is 16.2. The maximum absolute atomic E-state index is 13.1. The van der Waals surface area contributed by atoms with Crippen LogP contribution >= 0.6 is 0 Å². The Kier molecular flexibility index (Phi) is 8.79. The van der Waals surface area contributed by atoms with Crippen LogP contribution in [0.1, 0.15) is 101 Å². The molecule has 8 heteroatoms. The van der Waals surface area contributed by atoms with Gasteiger partial charge in [-0.05, 0) is 114 Å². The zero-order valence-corrected chi connectivity index (χ0v) is 29.6. The third-order valence-corrected chi connectivity index (χ3v) is 11.2. The van der Waals surface area contributed by atoms with Gasteiger partial charge in [0.05, 0.1) is 35.5 Å². The first kappa shape index (κ1) is 32.5. The molecule has 2 aromatic heterocycles. The highest BCUT2D eigenvalue weighted by molar-refractivity contribution is 5.85. The largest absolute Gasteiger partial charge is 0.341 e. The van der Waals surface area contributed by atoms with Crippen molar-refractivity contribution in [2.45, 2.75) is 104 Å². The van der Waals surface area contributed by atoms with Crippen LogP contribution in [0, 0.1) is 5.92 Å². The van der Waals surface area contributed by atoms with Crippen LogP contribution in [-0.2, 0) is 29.0 Å². The van der Waals surface area contributed by atoms with E-state index in [1.807, 2.05) is 18.0 Å². The maximum Gasteiger partial charge on any atom is 0.223 e. The molecule has 3 atom stereocenters. The van der Waals surface area contributed by atoms with Gasteiger partial charge in [-0.1, -0.05) is 57.2 Å². The van der Waals surface area contributed by atoms with Crippen molar-refractivity contribution in [3.63, 3.8) is 0 Å². The Morgan fingerprint density at radius 3 is 2.32 bits per heavy atom. The second-order valence-electron chi connectivity index (χ2n) is 14.6. The summed E-state index contributed by atoms with van der Waals surface area (Å²) in [5.74, 6) is 2.74. The van der Waals surface area contributed by atoms with Gasteiger partial charge in [0, 0.05) is 25.4 Å². The number of piperidine rings is 1. The van der Waals surface area contributed by atoms with E-state index >= 15 is 0 Å². The monoisotopic (exact) mass is 668 g/mol. The Morgan fingerprint density at radius 1 is 0.840 bits per heavy atom. The van der Waals surface area contributed by atoms with Gasteiger partial charge in [-0.2, -0.15) is 0 Å². The van der Waals surface area contributed by atoms with Gasteiger partial charge < -0.3 is 19.8 Å². The Hall–Kier alpha value is -4.72. The first-order valence-electron chi connectivity index (χ1n) is 18.8. The van der Waals surface area contributed by atoms with Gasteiger partial charge in [0.2, 0.25) is 11.8 Å². The molecule has 2 aliphatic carbocycles. The molecule has 1 saturated heterocycles. The van der Waals surface area contributed by atoms with Crippen LogP contribution in [0.2, 0.25) is 0 Å². The first-order valence-corrected chi connectivity index (χ1v) is 18.8. The van der Waals surface area contributed by atoms with Crippen molar-refractivity contribution >= 4 is 22.8 Å². The highest BCUT2D eigenvalue weighted by Crippen LogP contribution is 2.50. The Morgan fingerprint density at radius 2 is 1.56 bits per heavy atom. The minimum Gasteiger partial charge on any atom is -0.341 e. The predicted molar refractivity (Wildman–Crippen MR) is 198 cm³/mol. The molecule has 0 spiro atoms. The fourth-order valence-corrected chi connectivity index (χ4v) is 8.84. The van der Waals surface area contributed by atoms with Crippen molar-refractivity contribution in [2.75, 3.05) is 6.54 Å². The van der Waals surface area contributed by atoms with Gasteiger partial charge in [0.1, 0.15) is 11.6 Å². The molecular formula is C42H48N6O2. The second kappa shape index (κ2) is 13.5. The number of fused-ring (bicyclic) bond motifs is 6. The molecule has 8 nitrogen and oxygen atoms in total. The standard InChI is InChI=1S/C42H48N6O2/c1-4-7-39(49)47(19-6-3)25-38-43-24-37(44-38)30-13-17-34-29(21-30)10-9-28-20-26(12-16-33(28)34)27-14-18-35-36(23-27)46-42(45-35)41-31-11-15-32(22-31)48(41)40(50)8-5-2/h12-14,16-18,20-21,23-24,31-32,41H,4-11,15,19,22,25H2,1-3H3,(H,43,44)(H,45,46)/t31-,32+,41-/m0/s1. The summed E-state index contributed by atoms with van der Waals surface area (Å²) in [6.07, 6.45) is 11.1. The number of benzene rings is 3. The van der Waals surface area contributed by atoms with Gasteiger partial charge in [0.25, 0.3) is 0 Å². The number of rotatable bonds is 11. The molecule has 50 heavy (non-hydrogen) atoms. The zero-order chi connectivity index (χ0) is 34.4. The summed E-state index contributed by atoms with van der Waals surface area (Å²) < 4.78 is 0. The molecule has 2 bridgehead atoms. The fourth-order valence-electron chi connectivity index (χ4n) is 8.84. The Balaban J connectivity index is 1.01. The first-order chi connectivity index (χ1) is 24.4. The summed E-state index contributed by atoms with van der Waals surface area (Å²) >= 11 is 0. The van der Waals surface area contributed by atoms with Crippen LogP contribution in [0.4, 0.5) is 0 Å². The SMILES string of the molecule is CCCC(=O)N(CCC)Cc1ncc(-c2ccc3c(c2)CCc2cc(-c4ccc5nc([C@@H]6[C@H]7CC[C@H](C7)N6C(=O)CCC)[nH]c5c4)ccc2-3)[nH]1. The van der Waals surface area contributed by atoms with E-state index < -0.39 is 0 Å². The zero-order valence-electron chi connectivity index (χ0n) is 29.6. The number of nitrogens with zero attached hydrogens (tertiary/aromatic N) is 4. The summed E-state index contributed by atoms with van der Waals surface area (Å²) in [6, 6.07) is 20.6. The fraction of sp³-hybridized carbons (Fsp3) is 0.429. The van der Waals surface area contributed by atoms with E-state index in [1.54, 1.807) is 0 Å². The molecule has 3 aromatic carbocycles. The topological polar surface area (TPSA) is 98.0 Å². The van der Waals surface area contributed by atoms with E-state index in [0.717, 1.165) is 85.4 Å². The van der Waals surface area contributed by atoms with Crippen molar-refractivity contribution in [2.24, 2.45) is 5.92 Å². The summed E-state index contributed by atoms with van der Waals surface area (Å²) in [7, 11) is 0. The van der Waals surface area contributed by atoms with Crippen molar-refractivity contribution in [3.8, 4) is 33.5 Å². The molecule has 0 unspecified atom stereocenters. The van der Waals surface area contributed by atoms with Crippen molar-refractivity contribution in [1.29, 1.82) is 0 Å².